The Hall–Kier alpha value is -2.37. The Morgan fingerprint density at radius 1 is 1.03 bits per heavy atom. The van der Waals surface area contributed by atoms with E-state index in [2.05, 4.69) is 15.5 Å². The summed E-state index contributed by atoms with van der Waals surface area (Å²) in [6.07, 6.45) is 2.24. The van der Waals surface area contributed by atoms with Gasteiger partial charge in [-0.05, 0) is 51.2 Å². The molecule has 0 bridgehead atoms. The van der Waals surface area contributed by atoms with E-state index in [-0.39, 0.29) is 23.7 Å². The predicted octanol–water partition coefficient (Wildman–Crippen LogP) is 2.43. The summed E-state index contributed by atoms with van der Waals surface area (Å²) in [7, 11) is -3.57. The minimum absolute atomic E-state index is 0.0709. The average Bonchev–Trinajstić information content (AvgIpc) is 3.31. The van der Waals surface area contributed by atoms with Crippen LogP contribution in [0.1, 0.15) is 36.8 Å². The molecule has 1 N–H and O–H groups in total. The highest BCUT2D eigenvalue weighted by Crippen LogP contribution is 2.28. The minimum Gasteiger partial charge on any atom is -0.342 e. The van der Waals surface area contributed by atoms with Crippen LogP contribution in [0.2, 0.25) is 0 Å². The maximum Gasteiger partial charge on any atom is 0.243 e. The van der Waals surface area contributed by atoms with Crippen molar-refractivity contribution in [1.29, 1.82) is 0 Å². The van der Waals surface area contributed by atoms with Crippen LogP contribution in [-0.2, 0) is 19.6 Å². The quantitative estimate of drug-likeness (QED) is 0.687. The van der Waals surface area contributed by atoms with E-state index < -0.39 is 10.0 Å². The van der Waals surface area contributed by atoms with Crippen LogP contribution in [0, 0.1) is 25.7 Å². The SMILES string of the molecule is Cc1ccc(S(=O)(=O)N2CCC(C(=O)N3CCC(C(=O)Nc4nncs4)CC3)CC2)c(C)c1. The zero-order valence-electron chi connectivity index (χ0n) is 18.9. The molecule has 178 valence electrons. The first-order valence-corrected chi connectivity index (χ1v) is 13.5. The van der Waals surface area contributed by atoms with Gasteiger partial charge in [-0.25, -0.2) is 8.42 Å². The lowest BCUT2D eigenvalue weighted by molar-refractivity contribution is -0.139. The second-order valence-electron chi connectivity index (χ2n) is 8.78. The van der Waals surface area contributed by atoms with Crippen molar-refractivity contribution in [3.05, 3.63) is 34.8 Å². The van der Waals surface area contributed by atoms with Gasteiger partial charge in [0.25, 0.3) is 0 Å². The molecular formula is C22H29N5O4S2. The van der Waals surface area contributed by atoms with E-state index in [0.717, 1.165) is 11.1 Å². The molecule has 0 radical (unpaired) electrons. The zero-order valence-corrected chi connectivity index (χ0v) is 20.5. The molecule has 3 heterocycles. The Bertz CT molecular complexity index is 1100. The normalized spacial score (nSPS) is 18.9. The number of carbonyl (C=O) groups excluding carboxylic acids is 2. The van der Waals surface area contributed by atoms with Crippen LogP contribution in [0.4, 0.5) is 5.13 Å². The Kier molecular flexibility index (Phi) is 7.10. The van der Waals surface area contributed by atoms with Crippen LogP contribution in [0.5, 0.6) is 0 Å². The summed E-state index contributed by atoms with van der Waals surface area (Å²) in [4.78, 5) is 27.6. The Balaban J connectivity index is 1.28. The molecule has 2 aliphatic heterocycles. The van der Waals surface area contributed by atoms with Crippen LogP contribution in [-0.4, -0.2) is 65.8 Å². The second kappa shape index (κ2) is 9.86. The fraction of sp³-hybridized carbons (Fsp3) is 0.545. The van der Waals surface area contributed by atoms with Crippen LogP contribution < -0.4 is 5.32 Å². The first-order chi connectivity index (χ1) is 15.8. The molecule has 0 saturated carbocycles. The molecule has 9 nitrogen and oxygen atoms in total. The van der Waals surface area contributed by atoms with Crippen molar-refractivity contribution in [1.82, 2.24) is 19.4 Å². The summed E-state index contributed by atoms with van der Waals surface area (Å²) in [5.74, 6) is -0.338. The third-order valence-corrected chi connectivity index (χ3v) is 9.18. The number of sulfonamides is 1. The van der Waals surface area contributed by atoms with Gasteiger partial charge in [-0.2, -0.15) is 4.31 Å². The molecule has 4 rings (SSSR count). The predicted molar refractivity (Wildman–Crippen MR) is 125 cm³/mol. The highest BCUT2D eigenvalue weighted by atomic mass is 32.2. The summed E-state index contributed by atoms with van der Waals surface area (Å²) >= 11 is 1.28. The van der Waals surface area contributed by atoms with Gasteiger partial charge in [-0.1, -0.05) is 29.0 Å². The van der Waals surface area contributed by atoms with Crippen molar-refractivity contribution >= 4 is 38.3 Å². The van der Waals surface area contributed by atoms with Gasteiger partial charge in [0.15, 0.2) is 0 Å². The van der Waals surface area contributed by atoms with Crippen LogP contribution in [0.15, 0.2) is 28.6 Å². The van der Waals surface area contributed by atoms with Crippen molar-refractivity contribution < 1.29 is 18.0 Å². The third-order valence-electron chi connectivity index (χ3n) is 6.52. The highest BCUT2D eigenvalue weighted by molar-refractivity contribution is 7.89. The molecule has 33 heavy (non-hydrogen) atoms. The van der Waals surface area contributed by atoms with Crippen molar-refractivity contribution in [2.45, 2.75) is 44.4 Å². The average molecular weight is 492 g/mol. The number of carbonyl (C=O) groups is 2. The Labute approximate surface area is 198 Å². The largest absolute Gasteiger partial charge is 0.342 e. The standard InChI is InChI=1S/C22H29N5O4S2/c1-15-3-4-19(16(2)13-15)33(30,31)27-11-7-18(8-12-27)21(29)26-9-5-17(6-10-26)20(28)24-22-25-23-14-32-22/h3-4,13-14,17-18H,5-12H2,1-2H3,(H,24,25,28). The molecule has 2 amide bonds. The first kappa shape index (κ1) is 23.8. The number of hydrogen-bond donors (Lipinski definition) is 1. The molecule has 11 heteroatoms. The number of aromatic nitrogens is 2. The van der Waals surface area contributed by atoms with E-state index in [9.17, 15) is 18.0 Å². The monoisotopic (exact) mass is 491 g/mol. The topological polar surface area (TPSA) is 113 Å². The van der Waals surface area contributed by atoms with Crippen LogP contribution in [0.3, 0.4) is 0 Å². The summed E-state index contributed by atoms with van der Waals surface area (Å²) in [5.41, 5.74) is 3.33. The number of benzene rings is 1. The summed E-state index contributed by atoms with van der Waals surface area (Å²) in [6.45, 7) is 5.50. The Morgan fingerprint density at radius 2 is 1.70 bits per heavy atom. The Morgan fingerprint density at radius 3 is 2.30 bits per heavy atom. The lowest BCUT2D eigenvalue weighted by atomic mass is 9.92. The molecule has 1 aromatic carbocycles. The second-order valence-corrected chi connectivity index (χ2v) is 11.5. The third kappa shape index (κ3) is 5.25. The smallest absolute Gasteiger partial charge is 0.243 e. The van der Waals surface area contributed by atoms with Gasteiger partial charge in [0.2, 0.25) is 27.0 Å². The van der Waals surface area contributed by atoms with E-state index in [0.29, 0.717) is 61.9 Å². The number of anilines is 1. The number of rotatable bonds is 5. The molecule has 0 atom stereocenters. The first-order valence-electron chi connectivity index (χ1n) is 11.2. The molecule has 2 fully saturated rings. The van der Waals surface area contributed by atoms with E-state index in [1.54, 1.807) is 11.6 Å². The number of nitrogens with one attached hydrogen (secondary N) is 1. The number of amides is 2. The van der Waals surface area contributed by atoms with E-state index >= 15 is 0 Å². The zero-order chi connectivity index (χ0) is 23.6. The molecule has 2 saturated heterocycles. The summed E-state index contributed by atoms with van der Waals surface area (Å²) in [5, 5.41) is 10.8. The van der Waals surface area contributed by atoms with Gasteiger partial charge in [-0.15, -0.1) is 10.2 Å². The molecule has 0 unspecified atom stereocenters. The molecule has 2 aromatic rings. The van der Waals surface area contributed by atoms with Gasteiger partial charge in [0.05, 0.1) is 4.90 Å². The van der Waals surface area contributed by atoms with E-state index in [1.807, 2.05) is 30.9 Å². The van der Waals surface area contributed by atoms with Crippen LogP contribution >= 0.6 is 11.3 Å². The van der Waals surface area contributed by atoms with Gasteiger partial charge in [0, 0.05) is 38.0 Å². The lowest BCUT2D eigenvalue weighted by Crippen LogP contribution is -2.47. The summed E-state index contributed by atoms with van der Waals surface area (Å²) in [6, 6.07) is 5.36. The van der Waals surface area contributed by atoms with Gasteiger partial charge >= 0.3 is 0 Å². The highest BCUT2D eigenvalue weighted by Gasteiger charge is 2.36. The van der Waals surface area contributed by atoms with Crippen molar-refractivity contribution in [2.24, 2.45) is 11.8 Å². The van der Waals surface area contributed by atoms with Gasteiger partial charge in [0.1, 0.15) is 5.51 Å². The number of piperidine rings is 2. The maximum absolute atomic E-state index is 13.1. The fourth-order valence-corrected chi connectivity index (χ4v) is 6.75. The van der Waals surface area contributed by atoms with Gasteiger partial charge in [-0.3, -0.25) is 9.59 Å². The van der Waals surface area contributed by atoms with Crippen molar-refractivity contribution in [3.63, 3.8) is 0 Å². The molecule has 0 spiro atoms. The fourth-order valence-electron chi connectivity index (χ4n) is 4.63. The number of aryl methyl sites for hydroxylation is 2. The molecule has 0 aliphatic carbocycles. The van der Waals surface area contributed by atoms with E-state index in [4.69, 9.17) is 0 Å². The van der Waals surface area contributed by atoms with Crippen LogP contribution in [0.25, 0.3) is 0 Å². The molecular weight excluding hydrogens is 462 g/mol. The lowest BCUT2D eigenvalue weighted by Gasteiger charge is -2.36. The summed E-state index contributed by atoms with van der Waals surface area (Å²) < 4.78 is 27.7. The number of nitrogens with zero attached hydrogens (tertiary/aromatic N) is 4. The number of hydrogen-bond acceptors (Lipinski definition) is 7. The molecule has 2 aliphatic rings. The van der Waals surface area contributed by atoms with Crippen molar-refractivity contribution in [3.8, 4) is 0 Å². The number of likely N-dealkylation sites (tertiary alicyclic amines) is 1. The van der Waals surface area contributed by atoms with Gasteiger partial charge < -0.3 is 10.2 Å². The van der Waals surface area contributed by atoms with E-state index in [1.165, 1.54) is 15.6 Å². The molecule has 1 aromatic heterocycles. The van der Waals surface area contributed by atoms with Crippen molar-refractivity contribution in [2.75, 3.05) is 31.5 Å². The maximum atomic E-state index is 13.1. The minimum atomic E-state index is -3.57.